The number of nitrogens with zero attached hydrogens (tertiary/aromatic N) is 3. The van der Waals surface area contributed by atoms with Gasteiger partial charge in [-0.25, -0.2) is 0 Å². The Balaban J connectivity index is 1.91. The van der Waals surface area contributed by atoms with Crippen LogP contribution in [0.25, 0.3) is 22.5 Å². The Kier molecular flexibility index (Phi) is 3.25. The van der Waals surface area contributed by atoms with Crippen molar-refractivity contribution in [1.29, 1.82) is 0 Å². The molecule has 0 unspecified atom stereocenters. The molecule has 0 N–H and O–H groups in total. The van der Waals surface area contributed by atoms with Crippen LogP contribution >= 0.6 is 0 Å². The second kappa shape index (κ2) is 5.21. The van der Waals surface area contributed by atoms with Crippen LogP contribution in [-0.2, 0) is 0 Å². The van der Waals surface area contributed by atoms with Crippen LogP contribution in [0.1, 0.15) is 11.3 Å². The average Bonchev–Trinajstić information content (AvgIpc) is 2.49. The zero-order chi connectivity index (χ0) is 13.9. The summed E-state index contributed by atoms with van der Waals surface area (Å²) in [5, 5.41) is 8.24. The highest BCUT2D eigenvalue weighted by Gasteiger charge is 2.03. The molecule has 2 heterocycles. The Morgan fingerprint density at radius 1 is 0.650 bits per heavy atom. The number of aromatic nitrogens is 3. The summed E-state index contributed by atoms with van der Waals surface area (Å²) in [6.07, 6.45) is 1.84. The molecular weight excluding hydrogens is 246 g/mol. The third-order valence-corrected chi connectivity index (χ3v) is 3.20. The molecule has 0 amide bonds. The first-order valence-electron chi connectivity index (χ1n) is 6.56. The van der Waals surface area contributed by atoms with Crippen LogP contribution in [0.5, 0.6) is 0 Å². The van der Waals surface area contributed by atoms with Gasteiger partial charge in [0.1, 0.15) is 0 Å². The molecule has 20 heavy (non-hydrogen) atoms. The highest BCUT2D eigenvalue weighted by Crippen LogP contribution is 2.21. The van der Waals surface area contributed by atoms with Gasteiger partial charge in [0.05, 0.1) is 17.1 Å². The molecule has 0 atom stereocenters. The van der Waals surface area contributed by atoms with Gasteiger partial charge in [0.15, 0.2) is 0 Å². The van der Waals surface area contributed by atoms with Crippen molar-refractivity contribution >= 4 is 0 Å². The summed E-state index contributed by atoms with van der Waals surface area (Å²) in [5.41, 5.74) is 6.08. The summed E-state index contributed by atoms with van der Waals surface area (Å²) < 4.78 is 0. The van der Waals surface area contributed by atoms with E-state index in [0.29, 0.717) is 0 Å². The number of pyridine rings is 1. The van der Waals surface area contributed by atoms with Gasteiger partial charge in [-0.2, -0.15) is 10.2 Å². The third-order valence-electron chi connectivity index (χ3n) is 3.20. The molecule has 0 aliphatic rings. The van der Waals surface area contributed by atoms with E-state index in [0.717, 1.165) is 28.2 Å². The topological polar surface area (TPSA) is 38.7 Å². The highest BCUT2D eigenvalue weighted by molar-refractivity contribution is 5.64. The SMILES string of the molecule is Cc1ccc(-c2ccc(-c3ccc(C)nn3)cn2)cc1. The van der Waals surface area contributed by atoms with E-state index in [4.69, 9.17) is 0 Å². The predicted molar refractivity (Wildman–Crippen MR) is 80.2 cm³/mol. The standard InChI is InChI=1S/C17H15N3/c1-12-3-6-14(7-4-12)16-10-8-15(11-18-16)17-9-5-13(2)19-20-17/h3-11H,1-2H3. The van der Waals surface area contributed by atoms with Gasteiger partial charge < -0.3 is 0 Å². The fourth-order valence-electron chi connectivity index (χ4n) is 1.99. The van der Waals surface area contributed by atoms with Crippen molar-refractivity contribution in [3.63, 3.8) is 0 Å². The average molecular weight is 261 g/mol. The van der Waals surface area contributed by atoms with E-state index < -0.39 is 0 Å². The Hall–Kier alpha value is -2.55. The van der Waals surface area contributed by atoms with Gasteiger partial charge in [-0.05, 0) is 38.1 Å². The molecule has 0 radical (unpaired) electrons. The lowest BCUT2D eigenvalue weighted by atomic mass is 10.1. The molecule has 0 saturated heterocycles. The van der Waals surface area contributed by atoms with Crippen LogP contribution in [0.15, 0.2) is 54.7 Å². The number of aryl methyl sites for hydroxylation is 2. The Morgan fingerprint density at radius 2 is 1.35 bits per heavy atom. The van der Waals surface area contributed by atoms with Crippen molar-refractivity contribution in [3.8, 4) is 22.5 Å². The molecule has 98 valence electrons. The summed E-state index contributed by atoms with van der Waals surface area (Å²) in [7, 11) is 0. The van der Waals surface area contributed by atoms with Gasteiger partial charge >= 0.3 is 0 Å². The zero-order valence-electron chi connectivity index (χ0n) is 11.5. The second-order valence-electron chi connectivity index (χ2n) is 4.86. The largest absolute Gasteiger partial charge is 0.256 e. The Morgan fingerprint density at radius 3 is 1.95 bits per heavy atom. The van der Waals surface area contributed by atoms with E-state index in [9.17, 15) is 0 Å². The van der Waals surface area contributed by atoms with Crippen molar-refractivity contribution in [3.05, 3.63) is 66.0 Å². The van der Waals surface area contributed by atoms with Crippen LogP contribution in [0.3, 0.4) is 0 Å². The molecule has 1 aromatic carbocycles. The minimum atomic E-state index is 0.846. The van der Waals surface area contributed by atoms with E-state index in [-0.39, 0.29) is 0 Å². The summed E-state index contributed by atoms with van der Waals surface area (Å²) in [6.45, 7) is 4.01. The minimum absolute atomic E-state index is 0.846. The molecule has 0 spiro atoms. The highest BCUT2D eigenvalue weighted by atomic mass is 15.1. The van der Waals surface area contributed by atoms with E-state index in [2.05, 4.69) is 46.4 Å². The molecular formula is C17H15N3. The molecule has 0 saturated carbocycles. The fourth-order valence-corrected chi connectivity index (χ4v) is 1.99. The van der Waals surface area contributed by atoms with E-state index in [1.54, 1.807) is 0 Å². The summed E-state index contributed by atoms with van der Waals surface area (Å²) in [5.74, 6) is 0. The lowest BCUT2D eigenvalue weighted by Crippen LogP contribution is -1.91. The maximum atomic E-state index is 4.51. The van der Waals surface area contributed by atoms with Gasteiger partial charge in [-0.1, -0.05) is 29.8 Å². The second-order valence-corrected chi connectivity index (χ2v) is 4.86. The molecule has 0 aliphatic carbocycles. The lowest BCUT2D eigenvalue weighted by Gasteiger charge is -2.04. The maximum Gasteiger partial charge on any atom is 0.0945 e. The predicted octanol–water partition coefficient (Wildman–Crippen LogP) is 3.82. The zero-order valence-corrected chi connectivity index (χ0v) is 11.5. The van der Waals surface area contributed by atoms with Crippen LogP contribution in [-0.4, -0.2) is 15.2 Å². The van der Waals surface area contributed by atoms with Crippen LogP contribution in [0.2, 0.25) is 0 Å². The van der Waals surface area contributed by atoms with Crippen LogP contribution in [0, 0.1) is 13.8 Å². The number of rotatable bonds is 2. The number of benzene rings is 1. The molecule has 3 heteroatoms. The van der Waals surface area contributed by atoms with Crippen molar-refractivity contribution in [2.24, 2.45) is 0 Å². The van der Waals surface area contributed by atoms with Gasteiger partial charge in [0.25, 0.3) is 0 Å². The van der Waals surface area contributed by atoms with Crippen molar-refractivity contribution in [1.82, 2.24) is 15.2 Å². The molecule has 2 aromatic heterocycles. The summed E-state index contributed by atoms with van der Waals surface area (Å²) >= 11 is 0. The first-order valence-corrected chi connectivity index (χ1v) is 6.56. The van der Waals surface area contributed by atoms with E-state index >= 15 is 0 Å². The molecule has 0 bridgehead atoms. The molecule has 3 aromatic rings. The Bertz CT molecular complexity index is 634. The van der Waals surface area contributed by atoms with E-state index in [1.165, 1.54) is 5.56 Å². The molecule has 3 nitrogen and oxygen atoms in total. The molecule has 0 aliphatic heterocycles. The van der Waals surface area contributed by atoms with Gasteiger partial charge in [0, 0.05) is 17.3 Å². The van der Waals surface area contributed by atoms with Crippen molar-refractivity contribution in [2.45, 2.75) is 13.8 Å². The van der Waals surface area contributed by atoms with Crippen LogP contribution in [0.4, 0.5) is 0 Å². The van der Waals surface area contributed by atoms with E-state index in [1.807, 2.05) is 37.4 Å². The van der Waals surface area contributed by atoms with Crippen molar-refractivity contribution < 1.29 is 0 Å². The van der Waals surface area contributed by atoms with Gasteiger partial charge in [-0.3, -0.25) is 4.98 Å². The Labute approximate surface area is 118 Å². The van der Waals surface area contributed by atoms with Gasteiger partial charge in [-0.15, -0.1) is 0 Å². The normalized spacial score (nSPS) is 10.5. The quantitative estimate of drug-likeness (QED) is 0.704. The summed E-state index contributed by atoms with van der Waals surface area (Å²) in [6, 6.07) is 16.3. The first-order chi connectivity index (χ1) is 9.72. The monoisotopic (exact) mass is 261 g/mol. The third kappa shape index (κ3) is 2.57. The molecule has 3 rings (SSSR count). The minimum Gasteiger partial charge on any atom is -0.256 e. The molecule has 0 fully saturated rings. The van der Waals surface area contributed by atoms with Crippen molar-refractivity contribution in [2.75, 3.05) is 0 Å². The van der Waals surface area contributed by atoms with Crippen LogP contribution < -0.4 is 0 Å². The first kappa shape index (κ1) is 12.5. The smallest absolute Gasteiger partial charge is 0.0945 e. The fraction of sp³-hybridized carbons (Fsp3) is 0.118. The lowest BCUT2D eigenvalue weighted by molar-refractivity contribution is 0.986. The van der Waals surface area contributed by atoms with Gasteiger partial charge in [0.2, 0.25) is 0 Å². The summed E-state index contributed by atoms with van der Waals surface area (Å²) in [4.78, 5) is 4.51. The number of hydrogen-bond acceptors (Lipinski definition) is 3. The number of hydrogen-bond donors (Lipinski definition) is 0. The maximum absolute atomic E-state index is 4.51.